The molecule has 0 N–H and O–H groups in total. The van der Waals surface area contributed by atoms with Gasteiger partial charge in [0.25, 0.3) is 0 Å². The first-order valence-corrected chi connectivity index (χ1v) is 11.3. The van der Waals surface area contributed by atoms with Gasteiger partial charge in [-0.05, 0) is 39.2 Å². The molecule has 0 fully saturated rings. The zero-order chi connectivity index (χ0) is 19.3. The van der Waals surface area contributed by atoms with Crippen LogP contribution < -0.4 is 0 Å². The summed E-state index contributed by atoms with van der Waals surface area (Å²) in [7, 11) is 1.91. The van der Waals surface area contributed by atoms with Crippen molar-refractivity contribution in [2.24, 2.45) is 0 Å². The molecule has 0 heterocycles. The molecule has 4 heteroatoms. The highest BCUT2D eigenvalue weighted by Crippen LogP contribution is 2.10. The molecule has 0 aliphatic rings. The number of likely N-dealkylation sites (N-methyl/N-ethyl adjacent to an activating group) is 1. The van der Waals surface area contributed by atoms with E-state index in [1.807, 2.05) is 11.9 Å². The Kier molecular flexibility index (Phi) is 20.3. The SMILES string of the molecule is CCCCCCCC/C=C/CCCCCCCC(=O)OCCN(C)CCl. The first-order chi connectivity index (χ1) is 12.7. The number of halogens is 1. The lowest BCUT2D eigenvalue weighted by atomic mass is 10.1. The number of ether oxygens (including phenoxy) is 1. The number of unbranched alkanes of at least 4 members (excludes halogenated alkanes) is 11. The monoisotopic (exact) mass is 387 g/mol. The Morgan fingerprint density at radius 3 is 2.00 bits per heavy atom. The molecule has 0 aromatic rings. The maximum Gasteiger partial charge on any atom is 0.305 e. The number of esters is 1. The van der Waals surface area contributed by atoms with E-state index in [0.717, 1.165) is 12.8 Å². The van der Waals surface area contributed by atoms with Crippen LogP contribution in [0.15, 0.2) is 12.2 Å². The van der Waals surface area contributed by atoms with E-state index in [1.54, 1.807) is 0 Å². The van der Waals surface area contributed by atoms with E-state index in [4.69, 9.17) is 16.3 Å². The van der Waals surface area contributed by atoms with Crippen LogP contribution in [-0.2, 0) is 9.53 Å². The second-order valence-corrected chi connectivity index (χ2v) is 7.49. The van der Waals surface area contributed by atoms with E-state index in [0.29, 0.717) is 25.6 Å². The van der Waals surface area contributed by atoms with Crippen molar-refractivity contribution in [3.63, 3.8) is 0 Å². The van der Waals surface area contributed by atoms with Crippen LogP contribution in [0.3, 0.4) is 0 Å². The third-order valence-electron chi connectivity index (χ3n) is 4.58. The van der Waals surface area contributed by atoms with E-state index < -0.39 is 0 Å². The third kappa shape index (κ3) is 19.8. The van der Waals surface area contributed by atoms with Gasteiger partial charge in [-0.1, -0.05) is 70.4 Å². The van der Waals surface area contributed by atoms with E-state index >= 15 is 0 Å². The Morgan fingerprint density at radius 2 is 1.42 bits per heavy atom. The van der Waals surface area contributed by atoms with Crippen molar-refractivity contribution in [2.75, 3.05) is 26.2 Å². The van der Waals surface area contributed by atoms with Gasteiger partial charge in [0.05, 0.1) is 6.00 Å². The maximum atomic E-state index is 11.6. The van der Waals surface area contributed by atoms with Crippen LogP contribution in [0, 0.1) is 0 Å². The van der Waals surface area contributed by atoms with Crippen molar-refractivity contribution in [1.82, 2.24) is 4.90 Å². The van der Waals surface area contributed by atoms with Crippen molar-refractivity contribution in [3.8, 4) is 0 Å². The van der Waals surface area contributed by atoms with Gasteiger partial charge in [0, 0.05) is 13.0 Å². The molecule has 0 radical (unpaired) electrons. The molecular weight excluding hydrogens is 346 g/mol. The van der Waals surface area contributed by atoms with Gasteiger partial charge in [0.1, 0.15) is 6.61 Å². The van der Waals surface area contributed by atoms with E-state index in [2.05, 4.69) is 19.1 Å². The number of rotatable bonds is 19. The highest BCUT2D eigenvalue weighted by molar-refractivity contribution is 6.17. The van der Waals surface area contributed by atoms with Crippen LogP contribution in [0.1, 0.15) is 96.8 Å². The number of carbonyl (C=O) groups excluding carboxylic acids is 1. The Hall–Kier alpha value is -0.540. The standard InChI is InChI=1S/C22H42ClNO2/c1-3-4-5-6-7-8-9-10-11-12-13-14-15-16-17-18-22(25)26-20-19-24(2)21-23/h10-11H,3-9,12-21H2,1-2H3/b11-10+. The third-order valence-corrected chi connectivity index (χ3v) is 4.99. The summed E-state index contributed by atoms with van der Waals surface area (Å²) in [5.41, 5.74) is 0. The first-order valence-electron chi connectivity index (χ1n) is 10.8. The summed E-state index contributed by atoms with van der Waals surface area (Å²) in [6, 6.07) is 0.464. The molecule has 0 unspecified atom stereocenters. The van der Waals surface area contributed by atoms with E-state index in [1.165, 1.54) is 70.6 Å². The largest absolute Gasteiger partial charge is 0.464 e. The predicted octanol–water partition coefficient (Wildman–Crippen LogP) is 6.70. The molecule has 0 amide bonds. The molecule has 0 aromatic heterocycles. The summed E-state index contributed by atoms with van der Waals surface area (Å²) in [5.74, 6) is -0.0781. The number of alkyl halides is 1. The fraction of sp³-hybridized carbons (Fsp3) is 0.864. The van der Waals surface area contributed by atoms with Gasteiger partial charge in [0.2, 0.25) is 0 Å². The Balaban J connectivity index is 3.23. The minimum atomic E-state index is -0.0781. The Morgan fingerprint density at radius 1 is 0.885 bits per heavy atom. The molecule has 0 bridgehead atoms. The lowest BCUT2D eigenvalue weighted by Crippen LogP contribution is -2.23. The summed E-state index contributed by atoms with van der Waals surface area (Å²) < 4.78 is 5.19. The zero-order valence-corrected chi connectivity index (χ0v) is 18.1. The molecule has 0 saturated carbocycles. The highest BCUT2D eigenvalue weighted by Gasteiger charge is 2.03. The highest BCUT2D eigenvalue weighted by atomic mass is 35.5. The fourth-order valence-electron chi connectivity index (χ4n) is 2.79. The molecular formula is C22H42ClNO2. The van der Waals surface area contributed by atoms with Crippen molar-refractivity contribution >= 4 is 17.6 Å². The van der Waals surface area contributed by atoms with Gasteiger partial charge >= 0.3 is 5.97 Å². The Bertz CT molecular complexity index is 334. The second kappa shape index (κ2) is 20.8. The van der Waals surface area contributed by atoms with Crippen LogP contribution in [0.5, 0.6) is 0 Å². The molecule has 0 spiro atoms. The number of allylic oxidation sites excluding steroid dienone is 2. The summed E-state index contributed by atoms with van der Waals surface area (Å²) >= 11 is 5.66. The molecule has 154 valence electrons. The normalized spacial score (nSPS) is 11.5. The number of hydrogen-bond donors (Lipinski definition) is 0. The molecule has 0 aromatic carbocycles. The molecule has 0 atom stereocenters. The summed E-state index contributed by atoms with van der Waals surface area (Å²) in [6.07, 6.45) is 21.8. The minimum Gasteiger partial charge on any atom is -0.464 e. The molecule has 3 nitrogen and oxygen atoms in total. The summed E-state index contributed by atoms with van der Waals surface area (Å²) in [4.78, 5) is 13.5. The van der Waals surface area contributed by atoms with Gasteiger partial charge in [-0.2, -0.15) is 0 Å². The van der Waals surface area contributed by atoms with Crippen LogP contribution >= 0.6 is 11.6 Å². The summed E-state index contributed by atoms with van der Waals surface area (Å²) in [5, 5.41) is 0. The quantitative estimate of drug-likeness (QED) is 0.0812. The summed E-state index contributed by atoms with van der Waals surface area (Å²) in [6.45, 7) is 3.40. The second-order valence-electron chi connectivity index (χ2n) is 7.25. The van der Waals surface area contributed by atoms with Crippen LogP contribution in [0.4, 0.5) is 0 Å². The van der Waals surface area contributed by atoms with Crippen molar-refractivity contribution in [2.45, 2.75) is 96.8 Å². The van der Waals surface area contributed by atoms with Gasteiger partial charge in [-0.3, -0.25) is 9.69 Å². The zero-order valence-electron chi connectivity index (χ0n) is 17.3. The molecule has 0 aliphatic heterocycles. The maximum absolute atomic E-state index is 11.6. The number of nitrogens with zero attached hydrogens (tertiary/aromatic N) is 1. The predicted molar refractivity (Wildman–Crippen MR) is 114 cm³/mol. The number of carbonyl (C=O) groups is 1. The molecule has 0 saturated heterocycles. The van der Waals surface area contributed by atoms with Crippen molar-refractivity contribution in [1.29, 1.82) is 0 Å². The molecule has 0 rings (SSSR count). The van der Waals surface area contributed by atoms with E-state index in [-0.39, 0.29) is 5.97 Å². The van der Waals surface area contributed by atoms with Crippen LogP contribution in [0.25, 0.3) is 0 Å². The molecule has 26 heavy (non-hydrogen) atoms. The minimum absolute atomic E-state index is 0.0781. The fourth-order valence-corrected chi connectivity index (χ4v) is 2.91. The van der Waals surface area contributed by atoms with Gasteiger partial charge in [-0.25, -0.2) is 0 Å². The van der Waals surface area contributed by atoms with Crippen molar-refractivity contribution < 1.29 is 9.53 Å². The van der Waals surface area contributed by atoms with Crippen molar-refractivity contribution in [3.05, 3.63) is 12.2 Å². The van der Waals surface area contributed by atoms with Gasteiger partial charge in [-0.15, -0.1) is 11.6 Å². The average Bonchev–Trinajstić information content (AvgIpc) is 2.64. The topological polar surface area (TPSA) is 29.5 Å². The molecule has 0 aliphatic carbocycles. The van der Waals surface area contributed by atoms with E-state index in [9.17, 15) is 4.79 Å². The lowest BCUT2D eigenvalue weighted by molar-refractivity contribution is -0.144. The van der Waals surface area contributed by atoms with Crippen LogP contribution in [-0.4, -0.2) is 37.1 Å². The van der Waals surface area contributed by atoms with Gasteiger partial charge < -0.3 is 4.74 Å². The van der Waals surface area contributed by atoms with Gasteiger partial charge in [0.15, 0.2) is 0 Å². The average molecular weight is 388 g/mol. The smallest absolute Gasteiger partial charge is 0.305 e. The van der Waals surface area contributed by atoms with Crippen LogP contribution in [0.2, 0.25) is 0 Å². The number of hydrogen-bond acceptors (Lipinski definition) is 3. The lowest BCUT2D eigenvalue weighted by Gasteiger charge is -2.12. The first kappa shape index (κ1) is 25.5. The Labute approximate surface area is 167 Å².